The molecule has 2 heterocycles. The van der Waals surface area contributed by atoms with Gasteiger partial charge in [0.25, 0.3) is 17.5 Å². The minimum atomic E-state index is -0.752. The van der Waals surface area contributed by atoms with Crippen molar-refractivity contribution in [3.8, 4) is 17.2 Å². The molecule has 1 N–H and O–H groups in total. The Kier molecular flexibility index (Phi) is 7.76. The first-order chi connectivity index (χ1) is 20.5. The first-order valence-corrected chi connectivity index (χ1v) is 13.3. The smallest absolute Gasteiger partial charge is 0.318 e. The van der Waals surface area contributed by atoms with Crippen molar-refractivity contribution in [1.82, 2.24) is 9.88 Å². The number of aromatic nitrogens is 1. The molecule has 43 heavy (non-hydrogen) atoms. The second kappa shape index (κ2) is 11.5. The van der Waals surface area contributed by atoms with Crippen LogP contribution in [0, 0.1) is 34.1 Å². The number of nitro groups is 2. The molecule has 1 aromatic heterocycles. The van der Waals surface area contributed by atoms with Crippen LogP contribution in [-0.2, 0) is 9.59 Å². The Hall–Kier alpha value is -5.40. The topological polar surface area (TPSA) is 150 Å². The van der Waals surface area contributed by atoms with Gasteiger partial charge in [-0.05, 0) is 86.2 Å². The lowest BCUT2D eigenvalue weighted by molar-refractivity contribution is -0.394. The van der Waals surface area contributed by atoms with Crippen LogP contribution in [0.15, 0.2) is 78.4 Å². The lowest BCUT2D eigenvalue weighted by Crippen LogP contribution is -2.54. The molecule has 12 nitrogen and oxygen atoms in total. The number of benzene rings is 3. The summed E-state index contributed by atoms with van der Waals surface area (Å²) in [5.41, 5.74) is 2.11. The molecule has 0 unspecified atom stereocenters. The summed E-state index contributed by atoms with van der Waals surface area (Å²) in [4.78, 5) is 48.4. The molecule has 0 aliphatic carbocycles. The van der Waals surface area contributed by atoms with E-state index in [-0.39, 0.29) is 22.2 Å². The van der Waals surface area contributed by atoms with Crippen molar-refractivity contribution >= 4 is 63.9 Å². The molecule has 0 atom stereocenters. The van der Waals surface area contributed by atoms with E-state index in [9.17, 15) is 29.8 Å². The first kappa shape index (κ1) is 29.1. The predicted octanol–water partition coefficient (Wildman–Crippen LogP) is 6.19. The number of para-hydroxylation sites is 1. The molecular weight excluding hydrogens is 598 g/mol. The van der Waals surface area contributed by atoms with Crippen molar-refractivity contribution in [3.05, 3.63) is 121 Å². The van der Waals surface area contributed by atoms with Crippen LogP contribution in [0.4, 0.5) is 17.1 Å². The van der Waals surface area contributed by atoms with Crippen LogP contribution >= 0.6 is 23.8 Å². The summed E-state index contributed by atoms with van der Waals surface area (Å²) in [5, 5.41) is 25.2. The van der Waals surface area contributed by atoms with Gasteiger partial charge in [0.1, 0.15) is 11.3 Å². The molecule has 216 valence electrons. The van der Waals surface area contributed by atoms with Gasteiger partial charge >= 0.3 is 5.69 Å². The Bertz CT molecular complexity index is 1880. The largest absolute Gasteiger partial charge is 0.450 e. The van der Waals surface area contributed by atoms with Crippen LogP contribution in [0.1, 0.15) is 17.0 Å². The number of anilines is 1. The summed E-state index contributed by atoms with van der Waals surface area (Å²) in [6, 6.07) is 18.2. The number of rotatable bonds is 7. The number of aryl methyl sites for hydroxylation is 1. The molecule has 0 saturated carbocycles. The van der Waals surface area contributed by atoms with Crippen LogP contribution in [0.5, 0.6) is 11.5 Å². The van der Waals surface area contributed by atoms with E-state index in [0.29, 0.717) is 22.0 Å². The van der Waals surface area contributed by atoms with Gasteiger partial charge in [0.15, 0.2) is 5.11 Å². The molecule has 4 aromatic rings. The second-order valence-corrected chi connectivity index (χ2v) is 10.1. The van der Waals surface area contributed by atoms with E-state index >= 15 is 0 Å². The standard InChI is InChI=1S/C29H20ClN5O7S/c1-16-13-18(14-22-27(36)31-29(43)33(28(22)37)24-6-4-3-5-23(24)30)17(2)32(16)19-7-10-21(11-8-19)42-26-12-9-20(34(38)39)15-25(26)35(40)41/h3-15H,1-2H3,(H,31,36,43)/b22-14+. The molecule has 1 fully saturated rings. The van der Waals surface area contributed by atoms with Crippen LogP contribution < -0.4 is 15.0 Å². The zero-order valence-electron chi connectivity index (χ0n) is 22.4. The van der Waals surface area contributed by atoms with Crippen molar-refractivity contribution < 1.29 is 24.2 Å². The molecule has 14 heteroatoms. The van der Waals surface area contributed by atoms with Gasteiger partial charge in [-0.3, -0.25) is 40.0 Å². The number of hydrogen-bond donors (Lipinski definition) is 1. The first-order valence-electron chi connectivity index (χ1n) is 12.5. The monoisotopic (exact) mass is 617 g/mol. The highest BCUT2D eigenvalue weighted by Gasteiger charge is 2.35. The van der Waals surface area contributed by atoms with Gasteiger partial charge in [-0.2, -0.15) is 0 Å². The van der Waals surface area contributed by atoms with Gasteiger partial charge in [-0.1, -0.05) is 23.7 Å². The van der Waals surface area contributed by atoms with Crippen molar-refractivity contribution in [2.75, 3.05) is 4.90 Å². The Morgan fingerprint density at radius 3 is 2.30 bits per heavy atom. The fraction of sp³-hybridized carbons (Fsp3) is 0.0690. The zero-order valence-corrected chi connectivity index (χ0v) is 24.0. The van der Waals surface area contributed by atoms with E-state index in [1.165, 1.54) is 17.0 Å². The normalized spacial score (nSPS) is 14.2. The maximum Gasteiger partial charge on any atom is 0.318 e. The van der Waals surface area contributed by atoms with Gasteiger partial charge in [0.2, 0.25) is 5.75 Å². The molecule has 1 aliphatic heterocycles. The van der Waals surface area contributed by atoms with Crippen LogP contribution in [-0.4, -0.2) is 31.3 Å². The molecule has 0 radical (unpaired) electrons. The molecule has 5 rings (SSSR count). The van der Waals surface area contributed by atoms with Crippen molar-refractivity contribution in [2.24, 2.45) is 0 Å². The summed E-state index contributed by atoms with van der Waals surface area (Å²) in [6.07, 6.45) is 1.49. The van der Waals surface area contributed by atoms with Gasteiger partial charge < -0.3 is 9.30 Å². The van der Waals surface area contributed by atoms with Crippen LogP contribution in [0.3, 0.4) is 0 Å². The van der Waals surface area contributed by atoms with E-state index in [4.69, 9.17) is 28.6 Å². The highest BCUT2D eigenvalue weighted by Crippen LogP contribution is 2.35. The van der Waals surface area contributed by atoms with E-state index in [0.717, 1.165) is 23.5 Å². The third-order valence-electron chi connectivity index (χ3n) is 6.64. The minimum absolute atomic E-state index is 0.0768. The summed E-state index contributed by atoms with van der Waals surface area (Å²) in [6.45, 7) is 3.68. The minimum Gasteiger partial charge on any atom is -0.450 e. The second-order valence-electron chi connectivity index (χ2n) is 9.33. The molecule has 1 saturated heterocycles. The van der Waals surface area contributed by atoms with E-state index < -0.39 is 33.0 Å². The average Bonchev–Trinajstić information content (AvgIpc) is 3.24. The van der Waals surface area contributed by atoms with Gasteiger partial charge in [-0.25, -0.2) is 0 Å². The zero-order chi connectivity index (χ0) is 31.0. The quantitative estimate of drug-likeness (QED) is 0.0848. The fourth-order valence-electron chi connectivity index (χ4n) is 4.63. The van der Waals surface area contributed by atoms with E-state index in [1.54, 1.807) is 48.5 Å². The number of carbonyl (C=O) groups is 2. The number of nitro benzene ring substituents is 2. The van der Waals surface area contributed by atoms with Gasteiger partial charge in [0, 0.05) is 23.1 Å². The van der Waals surface area contributed by atoms with Crippen molar-refractivity contribution in [3.63, 3.8) is 0 Å². The Labute approximate surface area is 254 Å². The fourth-order valence-corrected chi connectivity index (χ4v) is 5.13. The Balaban J connectivity index is 1.44. The van der Waals surface area contributed by atoms with Gasteiger partial charge in [0.05, 0.1) is 26.6 Å². The number of ether oxygens (including phenoxy) is 1. The summed E-state index contributed by atoms with van der Waals surface area (Å²) in [5.74, 6) is -1.13. The maximum absolute atomic E-state index is 13.4. The lowest BCUT2D eigenvalue weighted by atomic mass is 10.1. The predicted molar refractivity (Wildman–Crippen MR) is 163 cm³/mol. The molecule has 3 aromatic carbocycles. The van der Waals surface area contributed by atoms with E-state index in [1.807, 2.05) is 24.5 Å². The number of carbonyl (C=O) groups excluding carboxylic acids is 2. The average molecular weight is 618 g/mol. The number of nitrogens with zero attached hydrogens (tertiary/aromatic N) is 4. The SMILES string of the molecule is Cc1cc(/C=C2\C(=O)NC(=S)N(c3ccccc3Cl)C2=O)c(C)n1-c1ccc(Oc2ccc([N+](=O)[O-])cc2[N+](=O)[O-])cc1. The van der Waals surface area contributed by atoms with Gasteiger partial charge in [-0.15, -0.1) is 0 Å². The summed E-state index contributed by atoms with van der Waals surface area (Å²) < 4.78 is 7.56. The number of halogens is 1. The number of nitrogens with one attached hydrogen (secondary N) is 1. The number of hydrogen-bond acceptors (Lipinski definition) is 8. The Morgan fingerprint density at radius 1 is 0.953 bits per heavy atom. The highest BCUT2D eigenvalue weighted by atomic mass is 35.5. The van der Waals surface area contributed by atoms with Crippen LogP contribution in [0.2, 0.25) is 5.02 Å². The Morgan fingerprint density at radius 2 is 1.65 bits per heavy atom. The molecule has 0 bridgehead atoms. The van der Waals surface area contributed by atoms with Crippen LogP contribution in [0.25, 0.3) is 11.8 Å². The lowest BCUT2D eigenvalue weighted by Gasteiger charge is -2.29. The molecule has 0 spiro atoms. The maximum atomic E-state index is 13.4. The molecule has 2 amide bonds. The van der Waals surface area contributed by atoms with Crippen molar-refractivity contribution in [1.29, 1.82) is 0 Å². The third kappa shape index (κ3) is 5.58. The number of thiocarbonyl (C=S) groups is 1. The van der Waals surface area contributed by atoms with E-state index in [2.05, 4.69) is 5.32 Å². The highest BCUT2D eigenvalue weighted by molar-refractivity contribution is 7.80. The van der Waals surface area contributed by atoms with Crippen molar-refractivity contribution in [2.45, 2.75) is 13.8 Å². The number of non-ortho nitro benzene ring substituents is 1. The third-order valence-corrected chi connectivity index (χ3v) is 7.24. The molecular formula is C29H20ClN5O7S. The molecule has 1 aliphatic rings. The summed E-state index contributed by atoms with van der Waals surface area (Å²) >= 11 is 11.5. The summed E-state index contributed by atoms with van der Waals surface area (Å²) in [7, 11) is 0. The number of amides is 2.